The summed E-state index contributed by atoms with van der Waals surface area (Å²) in [6.45, 7) is 3.89. The molecule has 1 aliphatic heterocycles. The van der Waals surface area contributed by atoms with Gasteiger partial charge in [-0.3, -0.25) is 4.79 Å². The molecule has 6 N–H and O–H groups in total. The molecule has 0 aromatic carbocycles. The first-order valence-electron chi connectivity index (χ1n) is 37.5. The lowest BCUT2D eigenvalue weighted by molar-refractivity contribution is -0.302. The molecule has 9 heteroatoms. The monoisotopic (exact) mass is 1190 g/mol. The maximum Gasteiger partial charge on any atom is 0.220 e. The summed E-state index contributed by atoms with van der Waals surface area (Å²) in [6.07, 6.45) is 78.5. The van der Waals surface area contributed by atoms with Crippen LogP contribution in [-0.4, -0.2) is 87.5 Å². The minimum absolute atomic E-state index is 0.132. The summed E-state index contributed by atoms with van der Waals surface area (Å²) >= 11 is 0. The van der Waals surface area contributed by atoms with Crippen molar-refractivity contribution in [3.8, 4) is 0 Å². The highest BCUT2D eigenvalue weighted by Gasteiger charge is 2.44. The molecule has 0 spiro atoms. The Morgan fingerprint density at radius 1 is 0.405 bits per heavy atom. The van der Waals surface area contributed by atoms with E-state index in [0.29, 0.717) is 12.8 Å². The topological polar surface area (TPSA) is 149 Å². The van der Waals surface area contributed by atoms with Crippen LogP contribution >= 0.6 is 0 Å². The molecular formula is C75H145NO8. The lowest BCUT2D eigenvalue weighted by Gasteiger charge is -2.40. The second-order valence-corrected chi connectivity index (χ2v) is 26.5. The van der Waals surface area contributed by atoms with Crippen LogP contribution in [0.1, 0.15) is 393 Å². The second-order valence-electron chi connectivity index (χ2n) is 26.5. The van der Waals surface area contributed by atoms with Crippen LogP contribution in [0.25, 0.3) is 0 Å². The molecular weight excluding hydrogens is 1040 g/mol. The summed E-state index contributed by atoms with van der Waals surface area (Å²) < 4.78 is 11.4. The van der Waals surface area contributed by atoms with Crippen LogP contribution in [0.15, 0.2) is 24.3 Å². The van der Waals surface area contributed by atoms with Gasteiger partial charge in [0.1, 0.15) is 24.4 Å². The van der Waals surface area contributed by atoms with Crippen molar-refractivity contribution in [2.75, 3.05) is 13.2 Å². The van der Waals surface area contributed by atoms with Gasteiger partial charge in [-0.15, -0.1) is 0 Å². The predicted molar refractivity (Wildman–Crippen MR) is 360 cm³/mol. The summed E-state index contributed by atoms with van der Waals surface area (Å²) in [5, 5.41) is 54.9. The number of unbranched alkanes of at least 4 members (excludes halogenated alkanes) is 53. The van der Waals surface area contributed by atoms with E-state index in [9.17, 15) is 30.3 Å². The Balaban J connectivity index is 2.01. The van der Waals surface area contributed by atoms with Gasteiger partial charge in [0.05, 0.1) is 25.4 Å². The van der Waals surface area contributed by atoms with Gasteiger partial charge in [0.2, 0.25) is 5.91 Å². The van der Waals surface area contributed by atoms with Crippen LogP contribution in [0.3, 0.4) is 0 Å². The number of rotatable bonds is 67. The zero-order chi connectivity index (χ0) is 60.7. The highest BCUT2D eigenvalue weighted by Crippen LogP contribution is 2.24. The van der Waals surface area contributed by atoms with Gasteiger partial charge in [0.25, 0.3) is 0 Å². The van der Waals surface area contributed by atoms with E-state index in [2.05, 4.69) is 43.5 Å². The van der Waals surface area contributed by atoms with Crippen LogP contribution in [0.2, 0.25) is 0 Å². The fourth-order valence-electron chi connectivity index (χ4n) is 12.4. The van der Waals surface area contributed by atoms with Crippen molar-refractivity contribution in [2.45, 2.75) is 436 Å². The Hall–Kier alpha value is -1.33. The Morgan fingerprint density at radius 2 is 0.702 bits per heavy atom. The highest BCUT2D eigenvalue weighted by molar-refractivity contribution is 5.76. The fourth-order valence-corrected chi connectivity index (χ4v) is 12.4. The zero-order valence-electron chi connectivity index (χ0n) is 55.9. The van der Waals surface area contributed by atoms with E-state index >= 15 is 0 Å². The molecule has 0 aliphatic carbocycles. The number of amides is 1. The third-order valence-corrected chi connectivity index (χ3v) is 18.3. The van der Waals surface area contributed by atoms with E-state index in [1.807, 2.05) is 0 Å². The molecule has 7 unspecified atom stereocenters. The third kappa shape index (κ3) is 52.6. The smallest absolute Gasteiger partial charge is 0.220 e. The van der Waals surface area contributed by atoms with Crippen LogP contribution in [0.4, 0.5) is 0 Å². The summed E-state index contributed by atoms with van der Waals surface area (Å²) in [5.74, 6) is -0.134. The predicted octanol–water partition coefficient (Wildman–Crippen LogP) is 20.8. The molecule has 1 saturated heterocycles. The Bertz CT molecular complexity index is 1380. The average Bonchev–Trinajstić information content (AvgIpc) is 3.70. The van der Waals surface area contributed by atoms with E-state index in [-0.39, 0.29) is 12.5 Å². The largest absolute Gasteiger partial charge is 0.394 e. The summed E-state index contributed by atoms with van der Waals surface area (Å²) in [5.41, 5.74) is 0. The Morgan fingerprint density at radius 3 is 1.02 bits per heavy atom. The van der Waals surface area contributed by atoms with Crippen molar-refractivity contribution in [1.29, 1.82) is 0 Å². The summed E-state index contributed by atoms with van der Waals surface area (Å²) in [7, 11) is 0. The number of hydrogen-bond donors (Lipinski definition) is 6. The van der Waals surface area contributed by atoms with E-state index in [4.69, 9.17) is 9.47 Å². The van der Waals surface area contributed by atoms with Crippen molar-refractivity contribution >= 4 is 5.91 Å². The SMILES string of the molecule is CCCCCCC/C=C\C/C=C\CCCCCCCCCCCCCCCCCCCCCCCCCCCCCCCC(=O)NC(COC1OC(CO)C(O)C(O)C1O)C(O)CCCCCCCCCCCCCCCCCCCCCC. The molecule has 7 atom stereocenters. The van der Waals surface area contributed by atoms with Crippen molar-refractivity contribution in [3.05, 3.63) is 24.3 Å². The Labute approximate surface area is 521 Å². The maximum absolute atomic E-state index is 13.2. The molecule has 0 bridgehead atoms. The van der Waals surface area contributed by atoms with Crippen LogP contribution < -0.4 is 5.32 Å². The first-order valence-corrected chi connectivity index (χ1v) is 37.5. The van der Waals surface area contributed by atoms with E-state index in [1.165, 1.54) is 321 Å². The number of nitrogens with one attached hydrogen (secondary N) is 1. The molecule has 498 valence electrons. The molecule has 1 fully saturated rings. The van der Waals surface area contributed by atoms with Gasteiger partial charge in [0.15, 0.2) is 6.29 Å². The summed E-state index contributed by atoms with van der Waals surface area (Å²) in [6, 6.07) is -0.717. The normalized spacial score (nSPS) is 18.2. The zero-order valence-corrected chi connectivity index (χ0v) is 55.9. The molecule has 0 saturated carbocycles. The molecule has 1 amide bonds. The first-order chi connectivity index (χ1) is 41.3. The number of aliphatic hydroxyl groups is 5. The van der Waals surface area contributed by atoms with Crippen molar-refractivity contribution < 1.29 is 39.8 Å². The average molecular weight is 1190 g/mol. The van der Waals surface area contributed by atoms with Gasteiger partial charge < -0.3 is 40.3 Å². The number of carbonyl (C=O) groups excluding carboxylic acids is 1. The van der Waals surface area contributed by atoms with Crippen LogP contribution in [0, 0.1) is 0 Å². The van der Waals surface area contributed by atoms with Crippen molar-refractivity contribution in [2.24, 2.45) is 0 Å². The van der Waals surface area contributed by atoms with E-state index in [1.54, 1.807) is 0 Å². The number of hydrogen-bond acceptors (Lipinski definition) is 8. The van der Waals surface area contributed by atoms with Crippen molar-refractivity contribution in [1.82, 2.24) is 5.32 Å². The minimum Gasteiger partial charge on any atom is -0.394 e. The molecule has 1 aliphatic rings. The van der Waals surface area contributed by atoms with Crippen molar-refractivity contribution in [3.63, 3.8) is 0 Å². The molecule has 1 rings (SSSR count). The number of ether oxygens (including phenoxy) is 2. The first kappa shape index (κ1) is 80.7. The van der Waals surface area contributed by atoms with E-state index in [0.717, 1.165) is 44.9 Å². The third-order valence-electron chi connectivity index (χ3n) is 18.3. The lowest BCUT2D eigenvalue weighted by atomic mass is 9.99. The Kier molecular flexibility index (Phi) is 62.1. The van der Waals surface area contributed by atoms with Gasteiger partial charge >= 0.3 is 0 Å². The number of carbonyl (C=O) groups is 1. The van der Waals surface area contributed by atoms with Gasteiger partial charge in [-0.25, -0.2) is 0 Å². The maximum atomic E-state index is 13.2. The molecule has 84 heavy (non-hydrogen) atoms. The van der Waals surface area contributed by atoms with Gasteiger partial charge in [0, 0.05) is 6.42 Å². The lowest BCUT2D eigenvalue weighted by Crippen LogP contribution is -2.60. The molecule has 0 aromatic rings. The van der Waals surface area contributed by atoms with Gasteiger partial charge in [-0.2, -0.15) is 0 Å². The quantitative estimate of drug-likeness (QED) is 0.0261. The highest BCUT2D eigenvalue weighted by atomic mass is 16.7. The van der Waals surface area contributed by atoms with Crippen LogP contribution in [-0.2, 0) is 14.3 Å². The molecule has 0 aromatic heterocycles. The molecule has 0 radical (unpaired) electrons. The summed E-state index contributed by atoms with van der Waals surface area (Å²) in [4.78, 5) is 13.2. The number of aliphatic hydroxyl groups excluding tert-OH is 5. The van der Waals surface area contributed by atoms with E-state index < -0.39 is 49.5 Å². The van der Waals surface area contributed by atoms with Gasteiger partial charge in [-0.1, -0.05) is 366 Å². The van der Waals surface area contributed by atoms with Crippen LogP contribution in [0.5, 0.6) is 0 Å². The second kappa shape index (κ2) is 64.6. The fraction of sp³-hybridized carbons (Fsp3) is 0.933. The molecule has 9 nitrogen and oxygen atoms in total. The standard InChI is InChI=1S/C75H145NO8/c1-3-5-7-9-11-13-15-17-19-21-23-25-26-27-28-29-30-31-32-33-34-35-36-37-38-39-40-41-42-43-44-45-47-49-51-53-55-57-59-61-63-65-71(79)76-68(67-83-75-74(82)73(81)72(80)70(66-77)84-75)69(78)64-62-60-58-56-54-52-50-48-46-24-22-20-18-16-14-12-10-8-6-4-2/h15,17,21,23,68-70,72-75,77-78,80-82H,3-14,16,18-20,22,24-67H2,1-2H3,(H,76,79)/b17-15-,23-21-. The molecule has 1 heterocycles. The minimum atomic E-state index is -1.55. The van der Waals surface area contributed by atoms with Gasteiger partial charge in [-0.05, 0) is 44.9 Å². The number of allylic oxidation sites excluding steroid dienone is 4.